The lowest BCUT2D eigenvalue weighted by Gasteiger charge is -2.26. The number of hydrogen-bond donors (Lipinski definition) is 3. The third-order valence-electron chi connectivity index (χ3n) is 3.52. The number of rotatable bonds is 7. The highest BCUT2D eigenvalue weighted by atomic mass is 16.4. The van der Waals surface area contributed by atoms with Crippen LogP contribution in [0.2, 0.25) is 0 Å². The van der Waals surface area contributed by atoms with Crippen LogP contribution in [0.15, 0.2) is 6.20 Å². The van der Waals surface area contributed by atoms with Crippen LogP contribution in [0.4, 0.5) is 0 Å². The number of carboxylic acids is 1. The van der Waals surface area contributed by atoms with Gasteiger partial charge < -0.3 is 10.4 Å². The SMILES string of the molecule is CCC(CC)(CNCc1cn[nH]c1C)C(=O)O. The number of aryl methyl sites for hydroxylation is 1. The van der Waals surface area contributed by atoms with Crippen molar-refractivity contribution < 1.29 is 9.90 Å². The van der Waals surface area contributed by atoms with Crippen LogP contribution in [0.25, 0.3) is 0 Å². The van der Waals surface area contributed by atoms with Crippen molar-refractivity contribution in [1.29, 1.82) is 0 Å². The van der Waals surface area contributed by atoms with Crippen LogP contribution in [0.3, 0.4) is 0 Å². The van der Waals surface area contributed by atoms with Gasteiger partial charge in [0.25, 0.3) is 0 Å². The lowest BCUT2D eigenvalue weighted by atomic mass is 9.82. The van der Waals surface area contributed by atoms with Gasteiger partial charge in [0.15, 0.2) is 0 Å². The Balaban J connectivity index is 2.54. The lowest BCUT2D eigenvalue weighted by Crippen LogP contribution is -2.40. The van der Waals surface area contributed by atoms with Gasteiger partial charge in [0.05, 0.1) is 11.6 Å². The van der Waals surface area contributed by atoms with Crippen LogP contribution >= 0.6 is 0 Å². The Morgan fingerprint density at radius 3 is 2.59 bits per heavy atom. The highest BCUT2D eigenvalue weighted by Gasteiger charge is 2.34. The highest BCUT2D eigenvalue weighted by Crippen LogP contribution is 2.25. The summed E-state index contributed by atoms with van der Waals surface area (Å²) in [6.07, 6.45) is 3.04. The number of nitrogens with zero attached hydrogens (tertiary/aromatic N) is 1. The van der Waals surface area contributed by atoms with Crippen LogP contribution in [-0.2, 0) is 11.3 Å². The van der Waals surface area contributed by atoms with E-state index < -0.39 is 11.4 Å². The zero-order valence-corrected chi connectivity index (χ0v) is 10.7. The summed E-state index contributed by atoms with van der Waals surface area (Å²) >= 11 is 0. The molecule has 0 saturated heterocycles. The average Bonchev–Trinajstić information content (AvgIpc) is 2.70. The molecule has 0 radical (unpaired) electrons. The van der Waals surface area contributed by atoms with Crippen molar-refractivity contribution in [3.8, 4) is 0 Å². The summed E-state index contributed by atoms with van der Waals surface area (Å²) in [7, 11) is 0. The summed E-state index contributed by atoms with van der Waals surface area (Å²) in [5.74, 6) is -0.723. The number of aromatic nitrogens is 2. The number of carboxylic acid groups (broad SMARTS) is 1. The molecule has 0 spiro atoms. The van der Waals surface area contributed by atoms with Crippen LogP contribution in [-0.4, -0.2) is 27.8 Å². The van der Waals surface area contributed by atoms with Crippen molar-refractivity contribution in [3.05, 3.63) is 17.5 Å². The van der Waals surface area contributed by atoms with Gasteiger partial charge >= 0.3 is 5.97 Å². The number of hydrogen-bond acceptors (Lipinski definition) is 3. The molecule has 1 rings (SSSR count). The number of nitrogens with one attached hydrogen (secondary N) is 2. The predicted octanol–water partition coefficient (Wildman–Crippen LogP) is 1.70. The van der Waals surface area contributed by atoms with Gasteiger partial charge in [-0.05, 0) is 19.8 Å². The van der Waals surface area contributed by atoms with Gasteiger partial charge in [-0.1, -0.05) is 13.8 Å². The van der Waals surface area contributed by atoms with Crippen molar-refractivity contribution in [2.75, 3.05) is 6.54 Å². The molecule has 3 N–H and O–H groups in total. The van der Waals surface area contributed by atoms with E-state index in [1.807, 2.05) is 20.8 Å². The highest BCUT2D eigenvalue weighted by molar-refractivity contribution is 5.74. The van der Waals surface area contributed by atoms with E-state index in [0.29, 0.717) is 25.9 Å². The Morgan fingerprint density at radius 1 is 1.53 bits per heavy atom. The molecule has 0 unspecified atom stereocenters. The Kier molecular flexibility index (Phi) is 4.69. The zero-order valence-electron chi connectivity index (χ0n) is 10.7. The molecule has 0 saturated carbocycles. The molecule has 5 nitrogen and oxygen atoms in total. The number of H-pyrrole nitrogens is 1. The summed E-state index contributed by atoms with van der Waals surface area (Å²) in [6.45, 7) is 6.93. The molecule has 0 amide bonds. The molecular formula is C12H21N3O2. The molecule has 17 heavy (non-hydrogen) atoms. The summed E-state index contributed by atoms with van der Waals surface area (Å²) < 4.78 is 0. The third-order valence-corrected chi connectivity index (χ3v) is 3.52. The molecular weight excluding hydrogens is 218 g/mol. The number of aromatic amines is 1. The van der Waals surface area contributed by atoms with Crippen molar-refractivity contribution in [2.45, 2.75) is 40.2 Å². The summed E-state index contributed by atoms with van der Waals surface area (Å²) in [5.41, 5.74) is 1.44. The fourth-order valence-corrected chi connectivity index (χ4v) is 1.87. The summed E-state index contributed by atoms with van der Waals surface area (Å²) in [5, 5.41) is 19.3. The first-order chi connectivity index (χ1) is 8.05. The molecule has 1 aromatic heterocycles. The van der Waals surface area contributed by atoms with Gasteiger partial charge in [-0.3, -0.25) is 9.89 Å². The zero-order chi connectivity index (χ0) is 12.9. The second kappa shape index (κ2) is 5.82. The first kappa shape index (κ1) is 13.7. The molecule has 0 atom stereocenters. The molecule has 0 aromatic carbocycles. The largest absolute Gasteiger partial charge is 0.481 e. The average molecular weight is 239 g/mol. The van der Waals surface area contributed by atoms with Gasteiger partial charge in [0.1, 0.15) is 0 Å². The van der Waals surface area contributed by atoms with E-state index in [4.69, 9.17) is 0 Å². The molecule has 1 aromatic rings. The normalized spacial score (nSPS) is 11.7. The quantitative estimate of drug-likeness (QED) is 0.676. The predicted molar refractivity (Wildman–Crippen MR) is 65.7 cm³/mol. The smallest absolute Gasteiger partial charge is 0.310 e. The van der Waals surface area contributed by atoms with Gasteiger partial charge in [-0.15, -0.1) is 0 Å². The maximum atomic E-state index is 11.3. The van der Waals surface area contributed by atoms with E-state index in [9.17, 15) is 9.90 Å². The Hall–Kier alpha value is -1.36. The Morgan fingerprint density at radius 2 is 2.18 bits per heavy atom. The van der Waals surface area contributed by atoms with Gasteiger partial charge in [-0.25, -0.2) is 0 Å². The maximum absolute atomic E-state index is 11.3. The van der Waals surface area contributed by atoms with E-state index in [-0.39, 0.29) is 0 Å². The van der Waals surface area contributed by atoms with Crippen molar-refractivity contribution in [2.24, 2.45) is 5.41 Å². The van der Waals surface area contributed by atoms with Crippen molar-refractivity contribution in [3.63, 3.8) is 0 Å². The topological polar surface area (TPSA) is 78.0 Å². The standard InChI is InChI=1S/C12H21N3O2/c1-4-12(5-2,11(16)17)8-13-6-10-7-14-15-9(10)3/h7,13H,4-6,8H2,1-3H3,(H,14,15)(H,16,17). The Bertz CT molecular complexity index is 370. The van der Waals surface area contributed by atoms with E-state index in [2.05, 4.69) is 15.5 Å². The van der Waals surface area contributed by atoms with Crippen molar-refractivity contribution in [1.82, 2.24) is 15.5 Å². The molecule has 0 aliphatic rings. The van der Waals surface area contributed by atoms with Crippen LogP contribution < -0.4 is 5.32 Å². The van der Waals surface area contributed by atoms with Crippen LogP contribution in [0, 0.1) is 12.3 Å². The second-order valence-corrected chi connectivity index (χ2v) is 4.42. The molecule has 0 aliphatic heterocycles. The lowest BCUT2D eigenvalue weighted by molar-refractivity contribution is -0.149. The molecule has 0 bridgehead atoms. The fraction of sp³-hybridized carbons (Fsp3) is 0.667. The number of carbonyl (C=O) groups is 1. The van der Waals surface area contributed by atoms with Crippen molar-refractivity contribution >= 4 is 5.97 Å². The number of aliphatic carboxylic acids is 1. The van der Waals surface area contributed by atoms with Gasteiger partial charge in [0, 0.05) is 24.3 Å². The van der Waals surface area contributed by atoms with E-state index in [0.717, 1.165) is 11.3 Å². The minimum absolute atomic E-state index is 0.486. The maximum Gasteiger partial charge on any atom is 0.310 e. The monoisotopic (exact) mass is 239 g/mol. The van der Waals surface area contributed by atoms with E-state index in [1.54, 1.807) is 6.20 Å². The minimum Gasteiger partial charge on any atom is -0.481 e. The van der Waals surface area contributed by atoms with Gasteiger partial charge in [-0.2, -0.15) is 5.10 Å². The molecule has 0 aliphatic carbocycles. The fourth-order valence-electron chi connectivity index (χ4n) is 1.87. The molecule has 5 heteroatoms. The molecule has 0 fully saturated rings. The first-order valence-electron chi connectivity index (χ1n) is 5.98. The summed E-state index contributed by atoms with van der Waals surface area (Å²) in [4.78, 5) is 11.3. The third kappa shape index (κ3) is 3.06. The molecule has 1 heterocycles. The molecule has 96 valence electrons. The van der Waals surface area contributed by atoms with E-state index >= 15 is 0 Å². The van der Waals surface area contributed by atoms with Crippen LogP contribution in [0.1, 0.15) is 37.9 Å². The first-order valence-corrected chi connectivity index (χ1v) is 5.98. The van der Waals surface area contributed by atoms with E-state index in [1.165, 1.54) is 0 Å². The summed E-state index contributed by atoms with van der Waals surface area (Å²) in [6, 6.07) is 0. The Labute approximate surface area is 102 Å². The van der Waals surface area contributed by atoms with Crippen LogP contribution in [0.5, 0.6) is 0 Å². The van der Waals surface area contributed by atoms with Gasteiger partial charge in [0.2, 0.25) is 0 Å². The second-order valence-electron chi connectivity index (χ2n) is 4.42. The minimum atomic E-state index is -0.723.